The van der Waals surface area contributed by atoms with Crippen molar-refractivity contribution >= 4 is 17.7 Å². The third-order valence-corrected chi connectivity index (χ3v) is 3.54. The van der Waals surface area contributed by atoms with Crippen molar-refractivity contribution in [3.63, 3.8) is 0 Å². The molecule has 0 aromatic heterocycles. The molecule has 0 bridgehead atoms. The van der Waals surface area contributed by atoms with Gasteiger partial charge in [-0.1, -0.05) is 6.07 Å². The average molecular weight is 270 g/mol. The molecule has 1 aromatic carbocycles. The molecule has 1 aliphatic heterocycles. The summed E-state index contributed by atoms with van der Waals surface area (Å²) in [5.74, 6) is -1.19. The summed E-state index contributed by atoms with van der Waals surface area (Å²) in [6.45, 7) is 5.39. The van der Waals surface area contributed by atoms with Gasteiger partial charge in [0.1, 0.15) is 11.6 Å². The smallest absolute Gasteiger partial charge is 0.346 e. The van der Waals surface area contributed by atoms with E-state index in [-0.39, 0.29) is 5.57 Å². The Morgan fingerprint density at radius 3 is 2.85 bits per heavy atom. The molecule has 0 atom stereocenters. The SMILES string of the molecule is CC(C)N1CCCc2cc(/C=C(\C#N)C(=O)O)ccc21. The van der Waals surface area contributed by atoms with E-state index < -0.39 is 5.97 Å². The highest BCUT2D eigenvalue weighted by Crippen LogP contribution is 2.30. The lowest BCUT2D eigenvalue weighted by Crippen LogP contribution is -2.35. The van der Waals surface area contributed by atoms with Gasteiger partial charge in [0.2, 0.25) is 0 Å². The number of hydrogen-bond acceptors (Lipinski definition) is 3. The van der Waals surface area contributed by atoms with Crippen LogP contribution in [0, 0.1) is 11.3 Å². The van der Waals surface area contributed by atoms with E-state index in [4.69, 9.17) is 10.4 Å². The first-order chi connectivity index (χ1) is 9.52. The quantitative estimate of drug-likeness (QED) is 0.677. The Bertz CT molecular complexity index is 597. The van der Waals surface area contributed by atoms with Crippen molar-refractivity contribution in [2.45, 2.75) is 32.7 Å². The normalized spacial score (nSPS) is 14.9. The van der Waals surface area contributed by atoms with E-state index in [1.54, 1.807) is 6.07 Å². The van der Waals surface area contributed by atoms with Gasteiger partial charge in [-0.2, -0.15) is 5.26 Å². The Balaban J connectivity index is 2.38. The number of rotatable bonds is 3. The molecule has 1 N–H and O–H groups in total. The first-order valence-electron chi connectivity index (χ1n) is 6.77. The molecule has 20 heavy (non-hydrogen) atoms. The molecule has 0 radical (unpaired) electrons. The monoisotopic (exact) mass is 270 g/mol. The van der Waals surface area contributed by atoms with Gasteiger partial charge in [0.25, 0.3) is 0 Å². The maximum atomic E-state index is 10.9. The maximum absolute atomic E-state index is 10.9. The fraction of sp³-hybridized carbons (Fsp3) is 0.375. The zero-order chi connectivity index (χ0) is 14.7. The summed E-state index contributed by atoms with van der Waals surface area (Å²) in [7, 11) is 0. The second-order valence-electron chi connectivity index (χ2n) is 5.25. The number of carbonyl (C=O) groups is 1. The van der Waals surface area contributed by atoms with E-state index in [1.165, 1.54) is 17.3 Å². The van der Waals surface area contributed by atoms with Gasteiger partial charge in [0.15, 0.2) is 0 Å². The number of benzene rings is 1. The van der Waals surface area contributed by atoms with Crippen LogP contribution in [0.15, 0.2) is 23.8 Å². The maximum Gasteiger partial charge on any atom is 0.346 e. The summed E-state index contributed by atoms with van der Waals surface area (Å²) in [5, 5.41) is 17.7. The second kappa shape index (κ2) is 5.79. The van der Waals surface area contributed by atoms with Crippen molar-refractivity contribution in [2.24, 2.45) is 0 Å². The highest BCUT2D eigenvalue weighted by atomic mass is 16.4. The summed E-state index contributed by atoms with van der Waals surface area (Å²) in [6.07, 6.45) is 3.52. The van der Waals surface area contributed by atoms with Crippen LogP contribution in [0.3, 0.4) is 0 Å². The highest BCUT2D eigenvalue weighted by Gasteiger charge is 2.19. The predicted octanol–water partition coefficient (Wildman–Crippen LogP) is 2.84. The van der Waals surface area contributed by atoms with E-state index in [9.17, 15) is 4.79 Å². The Kier molecular flexibility index (Phi) is 4.09. The van der Waals surface area contributed by atoms with Crippen LogP contribution in [0.2, 0.25) is 0 Å². The Hall–Kier alpha value is -2.28. The van der Waals surface area contributed by atoms with Gasteiger partial charge < -0.3 is 10.0 Å². The second-order valence-corrected chi connectivity index (χ2v) is 5.25. The molecule has 0 saturated carbocycles. The number of fused-ring (bicyclic) bond motifs is 1. The lowest BCUT2D eigenvalue weighted by Gasteiger charge is -2.34. The van der Waals surface area contributed by atoms with Crippen molar-refractivity contribution in [3.05, 3.63) is 34.9 Å². The zero-order valence-electron chi connectivity index (χ0n) is 11.8. The van der Waals surface area contributed by atoms with Gasteiger partial charge in [0, 0.05) is 18.3 Å². The van der Waals surface area contributed by atoms with Crippen LogP contribution in [0.5, 0.6) is 0 Å². The molecule has 0 saturated heterocycles. The first kappa shape index (κ1) is 14.1. The van der Waals surface area contributed by atoms with Crippen LogP contribution in [-0.4, -0.2) is 23.7 Å². The molecule has 0 spiro atoms. The van der Waals surface area contributed by atoms with Gasteiger partial charge in [-0.15, -0.1) is 0 Å². The van der Waals surface area contributed by atoms with Crippen molar-refractivity contribution in [2.75, 3.05) is 11.4 Å². The minimum atomic E-state index is -1.19. The number of hydrogen-bond donors (Lipinski definition) is 1. The van der Waals surface area contributed by atoms with Gasteiger partial charge in [-0.05, 0) is 56.0 Å². The Labute approximate surface area is 118 Å². The van der Waals surface area contributed by atoms with Crippen molar-refractivity contribution in [1.29, 1.82) is 5.26 Å². The molecule has 2 rings (SSSR count). The molecule has 1 aliphatic rings. The summed E-state index contributed by atoms with van der Waals surface area (Å²) in [6, 6.07) is 8.05. The lowest BCUT2D eigenvalue weighted by atomic mass is 9.97. The van der Waals surface area contributed by atoms with Crippen molar-refractivity contribution < 1.29 is 9.90 Å². The van der Waals surface area contributed by atoms with Crippen LogP contribution in [0.25, 0.3) is 6.08 Å². The number of aryl methyl sites for hydroxylation is 1. The Morgan fingerprint density at radius 1 is 1.50 bits per heavy atom. The number of aliphatic carboxylic acids is 1. The number of nitriles is 1. The van der Waals surface area contributed by atoms with Gasteiger partial charge in [-0.3, -0.25) is 0 Å². The molecule has 1 aromatic rings. The van der Waals surface area contributed by atoms with Crippen LogP contribution in [0.1, 0.15) is 31.4 Å². The third-order valence-electron chi connectivity index (χ3n) is 3.54. The van der Waals surface area contributed by atoms with Crippen LogP contribution in [-0.2, 0) is 11.2 Å². The van der Waals surface area contributed by atoms with Crippen molar-refractivity contribution in [3.8, 4) is 6.07 Å². The molecular formula is C16H18N2O2. The van der Waals surface area contributed by atoms with Gasteiger partial charge in [-0.25, -0.2) is 4.79 Å². The van der Waals surface area contributed by atoms with E-state index >= 15 is 0 Å². The van der Waals surface area contributed by atoms with E-state index in [0.717, 1.165) is 24.9 Å². The Morgan fingerprint density at radius 2 is 2.25 bits per heavy atom. The van der Waals surface area contributed by atoms with Crippen LogP contribution in [0.4, 0.5) is 5.69 Å². The lowest BCUT2D eigenvalue weighted by molar-refractivity contribution is -0.132. The molecular weight excluding hydrogens is 252 g/mol. The van der Waals surface area contributed by atoms with Crippen molar-refractivity contribution in [1.82, 2.24) is 0 Å². The number of nitrogens with zero attached hydrogens (tertiary/aromatic N) is 2. The summed E-state index contributed by atoms with van der Waals surface area (Å²) in [5.41, 5.74) is 2.98. The zero-order valence-corrected chi connectivity index (χ0v) is 11.8. The predicted molar refractivity (Wildman–Crippen MR) is 78.5 cm³/mol. The molecule has 0 aliphatic carbocycles. The molecule has 0 fully saturated rings. The molecule has 4 nitrogen and oxygen atoms in total. The number of carboxylic acids is 1. The number of anilines is 1. The molecule has 1 heterocycles. The minimum Gasteiger partial charge on any atom is -0.477 e. The average Bonchev–Trinajstić information content (AvgIpc) is 2.43. The summed E-state index contributed by atoms with van der Waals surface area (Å²) in [4.78, 5) is 13.2. The first-order valence-corrected chi connectivity index (χ1v) is 6.77. The fourth-order valence-electron chi connectivity index (χ4n) is 2.58. The van der Waals surface area contributed by atoms with Gasteiger partial charge >= 0.3 is 5.97 Å². The molecule has 0 amide bonds. The van der Waals surface area contributed by atoms with Crippen LogP contribution < -0.4 is 4.90 Å². The largest absolute Gasteiger partial charge is 0.477 e. The van der Waals surface area contributed by atoms with E-state index in [1.807, 2.05) is 18.2 Å². The standard InChI is InChI=1S/C16H18N2O2/c1-11(2)18-7-3-4-13-8-12(5-6-15(13)18)9-14(10-17)16(19)20/h5-6,8-9,11H,3-4,7H2,1-2H3,(H,19,20)/b14-9+. The fourth-order valence-corrected chi connectivity index (χ4v) is 2.58. The minimum absolute atomic E-state index is 0.235. The summed E-state index contributed by atoms with van der Waals surface area (Å²) >= 11 is 0. The molecule has 4 heteroatoms. The summed E-state index contributed by atoms with van der Waals surface area (Å²) < 4.78 is 0. The number of carboxylic acid groups (broad SMARTS) is 1. The topological polar surface area (TPSA) is 64.3 Å². The van der Waals surface area contributed by atoms with E-state index in [0.29, 0.717) is 6.04 Å². The third kappa shape index (κ3) is 2.83. The molecule has 104 valence electrons. The highest BCUT2D eigenvalue weighted by molar-refractivity contribution is 5.96. The van der Waals surface area contributed by atoms with Crippen LogP contribution >= 0.6 is 0 Å². The molecule has 0 unspecified atom stereocenters. The van der Waals surface area contributed by atoms with Gasteiger partial charge in [0.05, 0.1) is 0 Å². The van der Waals surface area contributed by atoms with E-state index in [2.05, 4.69) is 18.7 Å².